The SMILES string of the molecule is Cc1ccc(Br)c(C(Cc2ccc(I)cc2)NN)c1. The fraction of sp³-hybridized carbons (Fsp3) is 0.200. The summed E-state index contributed by atoms with van der Waals surface area (Å²) in [5.74, 6) is 5.73. The van der Waals surface area contributed by atoms with E-state index in [0.717, 1.165) is 10.9 Å². The van der Waals surface area contributed by atoms with Gasteiger partial charge in [0.25, 0.3) is 0 Å². The van der Waals surface area contributed by atoms with Crippen molar-refractivity contribution in [3.63, 3.8) is 0 Å². The van der Waals surface area contributed by atoms with Crippen LogP contribution in [0.3, 0.4) is 0 Å². The van der Waals surface area contributed by atoms with E-state index in [9.17, 15) is 0 Å². The molecule has 0 aliphatic heterocycles. The summed E-state index contributed by atoms with van der Waals surface area (Å²) in [6.45, 7) is 2.09. The first-order chi connectivity index (χ1) is 9.10. The average Bonchev–Trinajstić information content (AvgIpc) is 2.41. The van der Waals surface area contributed by atoms with Crippen molar-refractivity contribution in [1.82, 2.24) is 5.43 Å². The van der Waals surface area contributed by atoms with Crippen molar-refractivity contribution in [1.29, 1.82) is 0 Å². The van der Waals surface area contributed by atoms with Gasteiger partial charge in [0, 0.05) is 8.04 Å². The summed E-state index contributed by atoms with van der Waals surface area (Å²) in [7, 11) is 0. The molecule has 0 aliphatic rings. The van der Waals surface area contributed by atoms with Gasteiger partial charge in [0.1, 0.15) is 0 Å². The van der Waals surface area contributed by atoms with E-state index in [1.54, 1.807) is 0 Å². The van der Waals surface area contributed by atoms with E-state index < -0.39 is 0 Å². The molecule has 0 bridgehead atoms. The number of hydrogen-bond acceptors (Lipinski definition) is 2. The molecular formula is C15H16BrIN2. The van der Waals surface area contributed by atoms with Gasteiger partial charge in [-0.15, -0.1) is 0 Å². The van der Waals surface area contributed by atoms with Crippen LogP contribution in [0.15, 0.2) is 46.9 Å². The van der Waals surface area contributed by atoms with Crippen molar-refractivity contribution in [2.75, 3.05) is 0 Å². The molecule has 0 saturated heterocycles. The summed E-state index contributed by atoms with van der Waals surface area (Å²) in [6, 6.07) is 15.0. The first-order valence-electron chi connectivity index (χ1n) is 6.07. The Morgan fingerprint density at radius 1 is 1.21 bits per heavy atom. The van der Waals surface area contributed by atoms with Gasteiger partial charge in [0.2, 0.25) is 0 Å². The van der Waals surface area contributed by atoms with Gasteiger partial charge in [-0.3, -0.25) is 11.3 Å². The molecule has 2 aromatic carbocycles. The van der Waals surface area contributed by atoms with E-state index in [-0.39, 0.29) is 6.04 Å². The Bertz CT molecular complexity index is 555. The summed E-state index contributed by atoms with van der Waals surface area (Å²) in [4.78, 5) is 0. The maximum Gasteiger partial charge on any atom is 0.0511 e. The van der Waals surface area contributed by atoms with E-state index in [0.29, 0.717) is 0 Å². The number of nitrogens with one attached hydrogen (secondary N) is 1. The lowest BCUT2D eigenvalue weighted by Gasteiger charge is -2.18. The molecular weight excluding hydrogens is 415 g/mol. The Morgan fingerprint density at radius 2 is 1.89 bits per heavy atom. The van der Waals surface area contributed by atoms with E-state index in [4.69, 9.17) is 5.84 Å². The zero-order valence-electron chi connectivity index (χ0n) is 10.7. The van der Waals surface area contributed by atoms with Crippen molar-refractivity contribution < 1.29 is 0 Å². The Hall–Kier alpha value is -0.430. The number of hydrogen-bond donors (Lipinski definition) is 2. The minimum Gasteiger partial charge on any atom is -0.271 e. The zero-order valence-corrected chi connectivity index (χ0v) is 14.4. The van der Waals surface area contributed by atoms with Crippen LogP contribution in [0.1, 0.15) is 22.7 Å². The Balaban J connectivity index is 2.24. The van der Waals surface area contributed by atoms with Gasteiger partial charge in [0.15, 0.2) is 0 Å². The van der Waals surface area contributed by atoms with E-state index in [1.165, 1.54) is 20.3 Å². The maximum atomic E-state index is 5.73. The van der Waals surface area contributed by atoms with Crippen LogP contribution in [0.2, 0.25) is 0 Å². The van der Waals surface area contributed by atoms with Crippen LogP contribution in [0.4, 0.5) is 0 Å². The first-order valence-corrected chi connectivity index (χ1v) is 7.94. The molecule has 1 atom stereocenters. The largest absolute Gasteiger partial charge is 0.271 e. The van der Waals surface area contributed by atoms with Gasteiger partial charge in [-0.25, -0.2) is 0 Å². The van der Waals surface area contributed by atoms with E-state index >= 15 is 0 Å². The highest BCUT2D eigenvalue weighted by atomic mass is 127. The van der Waals surface area contributed by atoms with Gasteiger partial charge in [-0.1, -0.05) is 45.8 Å². The van der Waals surface area contributed by atoms with Crippen LogP contribution in [-0.4, -0.2) is 0 Å². The van der Waals surface area contributed by atoms with Crippen LogP contribution in [0, 0.1) is 10.5 Å². The molecule has 0 radical (unpaired) electrons. The minimum absolute atomic E-state index is 0.106. The van der Waals surface area contributed by atoms with Crippen molar-refractivity contribution in [3.8, 4) is 0 Å². The van der Waals surface area contributed by atoms with E-state index in [1.807, 2.05) is 0 Å². The molecule has 0 aliphatic carbocycles. The first kappa shape index (κ1) is 15.0. The third-order valence-corrected chi connectivity index (χ3v) is 4.52. The van der Waals surface area contributed by atoms with Crippen LogP contribution >= 0.6 is 38.5 Å². The number of benzene rings is 2. The summed E-state index contributed by atoms with van der Waals surface area (Å²) in [5.41, 5.74) is 6.62. The fourth-order valence-corrected chi connectivity index (χ4v) is 2.93. The predicted octanol–water partition coefficient (Wildman–Crippen LogP) is 4.11. The van der Waals surface area contributed by atoms with Gasteiger partial charge in [-0.2, -0.15) is 0 Å². The number of aryl methyl sites for hydroxylation is 1. The minimum atomic E-state index is 0.106. The predicted molar refractivity (Wildman–Crippen MR) is 91.8 cm³/mol. The molecule has 0 fully saturated rings. The van der Waals surface area contributed by atoms with Crippen LogP contribution in [-0.2, 0) is 6.42 Å². The highest BCUT2D eigenvalue weighted by molar-refractivity contribution is 14.1. The van der Waals surface area contributed by atoms with Crippen LogP contribution in [0.5, 0.6) is 0 Å². The normalized spacial score (nSPS) is 12.4. The number of rotatable bonds is 4. The number of nitrogens with two attached hydrogens (primary N) is 1. The topological polar surface area (TPSA) is 38.0 Å². The highest BCUT2D eigenvalue weighted by Gasteiger charge is 2.14. The maximum absolute atomic E-state index is 5.73. The fourth-order valence-electron chi connectivity index (χ4n) is 2.05. The molecule has 0 aromatic heterocycles. The van der Waals surface area contributed by atoms with E-state index in [2.05, 4.69) is 93.3 Å². The Labute approximate surface area is 136 Å². The van der Waals surface area contributed by atoms with Crippen molar-refractivity contribution in [3.05, 3.63) is 67.2 Å². The average molecular weight is 431 g/mol. The molecule has 0 amide bonds. The second-order valence-corrected chi connectivity index (χ2v) is 6.67. The highest BCUT2D eigenvalue weighted by Crippen LogP contribution is 2.27. The lowest BCUT2D eigenvalue weighted by atomic mass is 9.98. The quantitative estimate of drug-likeness (QED) is 0.435. The van der Waals surface area contributed by atoms with Crippen molar-refractivity contribution >= 4 is 38.5 Å². The Morgan fingerprint density at radius 3 is 2.53 bits per heavy atom. The molecule has 0 heterocycles. The second-order valence-electron chi connectivity index (χ2n) is 4.57. The molecule has 1 unspecified atom stereocenters. The molecule has 0 saturated carbocycles. The lowest BCUT2D eigenvalue weighted by molar-refractivity contribution is 0.549. The molecule has 19 heavy (non-hydrogen) atoms. The molecule has 100 valence electrons. The lowest BCUT2D eigenvalue weighted by Crippen LogP contribution is -2.29. The van der Waals surface area contributed by atoms with Gasteiger partial charge in [-0.05, 0) is 65.3 Å². The summed E-state index contributed by atoms with van der Waals surface area (Å²) >= 11 is 5.91. The van der Waals surface area contributed by atoms with Crippen molar-refractivity contribution in [2.45, 2.75) is 19.4 Å². The number of hydrazine groups is 1. The van der Waals surface area contributed by atoms with Crippen LogP contribution < -0.4 is 11.3 Å². The van der Waals surface area contributed by atoms with Gasteiger partial charge >= 0.3 is 0 Å². The summed E-state index contributed by atoms with van der Waals surface area (Å²) < 4.78 is 2.34. The molecule has 2 rings (SSSR count). The molecule has 2 aromatic rings. The summed E-state index contributed by atoms with van der Waals surface area (Å²) in [6.07, 6.45) is 0.871. The molecule has 2 nitrogen and oxygen atoms in total. The standard InChI is InChI=1S/C15H16BrIN2/c1-10-2-7-14(16)13(8-10)15(19-18)9-11-3-5-12(17)6-4-11/h2-8,15,19H,9,18H2,1H3. The smallest absolute Gasteiger partial charge is 0.0511 e. The zero-order chi connectivity index (χ0) is 13.8. The van der Waals surface area contributed by atoms with Crippen molar-refractivity contribution in [2.24, 2.45) is 5.84 Å². The third-order valence-electron chi connectivity index (χ3n) is 3.08. The van der Waals surface area contributed by atoms with Crippen LogP contribution in [0.25, 0.3) is 0 Å². The Kier molecular flexibility index (Phi) is 5.38. The molecule has 0 spiro atoms. The molecule has 3 N–H and O–H groups in total. The second kappa shape index (κ2) is 6.83. The third kappa shape index (κ3) is 4.02. The summed E-state index contributed by atoms with van der Waals surface area (Å²) in [5, 5.41) is 0. The van der Waals surface area contributed by atoms with Gasteiger partial charge in [0.05, 0.1) is 6.04 Å². The number of halogens is 2. The van der Waals surface area contributed by atoms with Gasteiger partial charge < -0.3 is 0 Å². The monoisotopic (exact) mass is 430 g/mol. The molecule has 4 heteroatoms.